The highest BCUT2D eigenvalue weighted by molar-refractivity contribution is 5.70. The summed E-state index contributed by atoms with van der Waals surface area (Å²) in [6.45, 7) is 1.70. The van der Waals surface area contributed by atoms with Crippen LogP contribution in [0, 0.1) is 28.4 Å². The average molecular weight is 271 g/mol. The number of aryl methyl sites for hydroxylation is 1. The van der Waals surface area contributed by atoms with Crippen molar-refractivity contribution in [2.24, 2.45) is 0 Å². The molecule has 0 aliphatic carbocycles. The van der Waals surface area contributed by atoms with Crippen LogP contribution in [-0.2, 0) is 0 Å². The fourth-order valence-electron chi connectivity index (χ4n) is 1.60. The molecule has 1 aromatic carbocycles. The summed E-state index contributed by atoms with van der Waals surface area (Å²) in [5, 5.41) is 31.8. The summed E-state index contributed by atoms with van der Waals surface area (Å²) in [4.78, 5) is 18.0. The summed E-state index contributed by atoms with van der Waals surface area (Å²) in [6, 6.07) is 6.31. The maximum atomic E-state index is 11.0. The quantitative estimate of drug-likeness (QED) is 0.646. The first-order valence-electron chi connectivity index (χ1n) is 5.50. The molecule has 1 heterocycles. The normalized spacial score (nSPS) is 9.80. The number of nitriles is 1. The first-order chi connectivity index (χ1) is 9.52. The van der Waals surface area contributed by atoms with E-state index in [0.29, 0.717) is 5.56 Å². The van der Waals surface area contributed by atoms with Crippen LogP contribution in [0.5, 0.6) is 5.75 Å². The lowest BCUT2D eigenvalue weighted by Gasteiger charge is -2.08. The van der Waals surface area contributed by atoms with Gasteiger partial charge in [-0.3, -0.25) is 10.1 Å². The second kappa shape index (κ2) is 5.19. The highest BCUT2D eigenvalue weighted by atomic mass is 16.6. The number of nitrogens with zero attached hydrogens (tertiary/aromatic N) is 4. The molecule has 0 radical (unpaired) electrons. The maximum absolute atomic E-state index is 11.0. The van der Waals surface area contributed by atoms with Crippen molar-refractivity contribution in [3.63, 3.8) is 0 Å². The van der Waals surface area contributed by atoms with E-state index in [1.165, 1.54) is 6.07 Å². The largest absolute Gasteiger partial charge is 0.504 e. The van der Waals surface area contributed by atoms with E-state index in [-0.39, 0.29) is 28.8 Å². The van der Waals surface area contributed by atoms with E-state index >= 15 is 0 Å². The number of nitro benzene ring substituents is 1. The van der Waals surface area contributed by atoms with E-state index in [0.717, 1.165) is 6.20 Å². The van der Waals surface area contributed by atoms with Gasteiger partial charge >= 0.3 is 0 Å². The van der Waals surface area contributed by atoms with Crippen molar-refractivity contribution in [1.82, 2.24) is 9.97 Å². The summed E-state index contributed by atoms with van der Waals surface area (Å²) in [5.41, 5.74) is 0.542. The minimum Gasteiger partial charge on any atom is -0.504 e. The standard InChI is InChI=1S/C12H9N5O3/c1-7-3-2-4-9(17(19)20)11(7)16-12-14-6-10(18)8(5-13)15-12/h2-4,6,18H,1H3,(H,14,15,16). The molecule has 100 valence electrons. The lowest BCUT2D eigenvalue weighted by Crippen LogP contribution is -2.03. The molecular formula is C12H9N5O3. The third kappa shape index (κ3) is 2.46. The highest BCUT2D eigenvalue weighted by Gasteiger charge is 2.17. The van der Waals surface area contributed by atoms with Gasteiger partial charge in [0.1, 0.15) is 11.8 Å². The molecule has 8 heteroatoms. The Morgan fingerprint density at radius 3 is 2.90 bits per heavy atom. The van der Waals surface area contributed by atoms with Crippen molar-refractivity contribution >= 4 is 17.3 Å². The van der Waals surface area contributed by atoms with Gasteiger partial charge in [0.05, 0.1) is 11.1 Å². The number of hydrogen-bond donors (Lipinski definition) is 2. The molecule has 0 aliphatic rings. The Morgan fingerprint density at radius 1 is 1.50 bits per heavy atom. The molecule has 8 nitrogen and oxygen atoms in total. The molecule has 2 rings (SSSR count). The van der Waals surface area contributed by atoms with Crippen molar-refractivity contribution in [1.29, 1.82) is 5.26 Å². The van der Waals surface area contributed by atoms with Crippen LogP contribution in [0.2, 0.25) is 0 Å². The Hall–Kier alpha value is -3.21. The van der Waals surface area contributed by atoms with Crippen LogP contribution in [0.3, 0.4) is 0 Å². The zero-order valence-corrected chi connectivity index (χ0v) is 10.4. The van der Waals surface area contributed by atoms with Gasteiger partial charge in [-0.15, -0.1) is 0 Å². The lowest BCUT2D eigenvalue weighted by atomic mass is 10.1. The van der Waals surface area contributed by atoms with Crippen molar-refractivity contribution in [3.05, 3.63) is 45.8 Å². The Morgan fingerprint density at radius 2 is 2.25 bits per heavy atom. The van der Waals surface area contributed by atoms with Crippen LogP contribution in [0.25, 0.3) is 0 Å². The van der Waals surface area contributed by atoms with Crippen LogP contribution in [0.1, 0.15) is 11.3 Å². The maximum Gasteiger partial charge on any atom is 0.293 e. The number of nitrogens with one attached hydrogen (secondary N) is 1. The molecule has 0 saturated carbocycles. The van der Waals surface area contributed by atoms with E-state index < -0.39 is 4.92 Å². The topological polar surface area (TPSA) is 125 Å². The van der Waals surface area contributed by atoms with Gasteiger partial charge in [-0.1, -0.05) is 12.1 Å². The molecule has 0 aliphatic heterocycles. The first-order valence-corrected chi connectivity index (χ1v) is 5.50. The highest BCUT2D eigenvalue weighted by Crippen LogP contribution is 2.30. The van der Waals surface area contributed by atoms with Crippen LogP contribution in [-0.4, -0.2) is 20.0 Å². The van der Waals surface area contributed by atoms with Crippen molar-refractivity contribution < 1.29 is 10.0 Å². The molecule has 0 spiro atoms. The van der Waals surface area contributed by atoms with E-state index in [4.69, 9.17) is 5.26 Å². The van der Waals surface area contributed by atoms with Gasteiger partial charge in [-0.05, 0) is 12.5 Å². The fraction of sp³-hybridized carbons (Fsp3) is 0.0833. The molecule has 2 N–H and O–H groups in total. The summed E-state index contributed by atoms with van der Waals surface area (Å²) in [7, 11) is 0. The Labute approximate surface area is 113 Å². The molecule has 0 fully saturated rings. The van der Waals surface area contributed by atoms with Gasteiger partial charge < -0.3 is 10.4 Å². The molecule has 0 atom stereocenters. The van der Waals surface area contributed by atoms with E-state index in [1.807, 2.05) is 0 Å². The number of hydrogen-bond acceptors (Lipinski definition) is 7. The van der Waals surface area contributed by atoms with Crippen LogP contribution >= 0.6 is 0 Å². The van der Waals surface area contributed by atoms with Crippen molar-refractivity contribution in [2.75, 3.05) is 5.32 Å². The molecule has 1 aromatic heterocycles. The summed E-state index contributed by atoms with van der Waals surface area (Å²) >= 11 is 0. The summed E-state index contributed by atoms with van der Waals surface area (Å²) in [5.74, 6) is -0.353. The van der Waals surface area contributed by atoms with Crippen LogP contribution in [0.4, 0.5) is 17.3 Å². The fourth-order valence-corrected chi connectivity index (χ4v) is 1.60. The monoisotopic (exact) mass is 271 g/mol. The zero-order valence-electron chi connectivity index (χ0n) is 10.4. The number of nitro groups is 1. The average Bonchev–Trinajstić information content (AvgIpc) is 2.42. The number of anilines is 2. The second-order valence-electron chi connectivity index (χ2n) is 3.89. The number of para-hydroxylation sites is 1. The Kier molecular flexibility index (Phi) is 3.43. The second-order valence-corrected chi connectivity index (χ2v) is 3.89. The number of rotatable bonds is 3. The minimum atomic E-state index is -0.527. The predicted molar refractivity (Wildman–Crippen MR) is 69.5 cm³/mol. The van der Waals surface area contributed by atoms with Crippen LogP contribution in [0.15, 0.2) is 24.4 Å². The SMILES string of the molecule is Cc1cccc([N+](=O)[O-])c1Nc1ncc(O)c(C#N)n1. The third-order valence-electron chi connectivity index (χ3n) is 2.56. The molecule has 20 heavy (non-hydrogen) atoms. The first kappa shape index (κ1) is 13.2. The van der Waals surface area contributed by atoms with E-state index in [9.17, 15) is 15.2 Å². The molecule has 2 aromatic rings. The number of aromatic nitrogens is 2. The van der Waals surface area contributed by atoms with Crippen LogP contribution < -0.4 is 5.32 Å². The van der Waals surface area contributed by atoms with Crippen molar-refractivity contribution in [3.8, 4) is 11.8 Å². The molecule has 0 amide bonds. The summed E-state index contributed by atoms with van der Waals surface area (Å²) in [6.07, 6.45) is 1.05. The van der Waals surface area contributed by atoms with E-state index in [2.05, 4.69) is 15.3 Å². The minimum absolute atomic E-state index is 0.00301. The molecule has 0 bridgehead atoms. The zero-order chi connectivity index (χ0) is 14.7. The number of benzene rings is 1. The van der Waals surface area contributed by atoms with Gasteiger partial charge in [-0.25, -0.2) is 4.98 Å². The Bertz CT molecular complexity index is 724. The van der Waals surface area contributed by atoms with Gasteiger partial charge in [0, 0.05) is 6.07 Å². The predicted octanol–water partition coefficient (Wildman–Crippen LogP) is 2.01. The number of aromatic hydroxyl groups is 1. The lowest BCUT2D eigenvalue weighted by molar-refractivity contribution is -0.384. The molecular weight excluding hydrogens is 262 g/mol. The van der Waals surface area contributed by atoms with Gasteiger partial charge in [0.2, 0.25) is 5.95 Å². The third-order valence-corrected chi connectivity index (χ3v) is 2.56. The van der Waals surface area contributed by atoms with Gasteiger partial charge in [0.15, 0.2) is 11.4 Å². The smallest absolute Gasteiger partial charge is 0.293 e. The van der Waals surface area contributed by atoms with Gasteiger partial charge in [0.25, 0.3) is 5.69 Å². The summed E-state index contributed by atoms with van der Waals surface area (Å²) < 4.78 is 0. The molecule has 0 saturated heterocycles. The van der Waals surface area contributed by atoms with E-state index in [1.54, 1.807) is 25.1 Å². The van der Waals surface area contributed by atoms with Crippen molar-refractivity contribution in [2.45, 2.75) is 6.92 Å². The van der Waals surface area contributed by atoms with Gasteiger partial charge in [-0.2, -0.15) is 10.2 Å². The molecule has 0 unspecified atom stereocenters. The Balaban J connectivity index is 2.45.